The van der Waals surface area contributed by atoms with Gasteiger partial charge in [-0.1, -0.05) is 24.8 Å². The van der Waals surface area contributed by atoms with Gasteiger partial charge in [-0.3, -0.25) is 10.3 Å². The molecule has 4 heteroatoms. The van der Waals surface area contributed by atoms with Crippen LogP contribution in [0.2, 0.25) is 0 Å². The molecule has 1 aromatic heterocycles. The summed E-state index contributed by atoms with van der Waals surface area (Å²) in [5.74, 6) is 1.30. The number of aromatic nitrogens is 1. The summed E-state index contributed by atoms with van der Waals surface area (Å²) in [5.41, 5.74) is 4.96. The van der Waals surface area contributed by atoms with E-state index in [0.717, 1.165) is 5.56 Å². The zero-order chi connectivity index (χ0) is 13.0. The highest BCUT2D eigenvalue weighted by atomic mass is 16.6. The highest BCUT2D eigenvalue weighted by molar-refractivity contribution is 5.63. The van der Waals surface area contributed by atoms with Crippen molar-refractivity contribution >= 4 is 5.70 Å². The van der Waals surface area contributed by atoms with Gasteiger partial charge in [-0.15, -0.1) is 0 Å². The van der Waals surface area contributed by atoms with Crippen molar-refractivity contribution in [2.24, 2.45) is 0 Å². The van der Waals surface area contributed by atoms with E-state index >= 15 is 0 Å². The molecule has 0 atom stereocenters. The fourth-order valence-electron chi connectivity index (χ4n) is 1.59. The monoisotopic (exact) mass is 244 g/mol. The minimum Gasteiger partial charge on any atom is -0.441 e. The minimum atomic E-state index is 0.557. The second-order valence-electron chi connectivity index (χ2n) is 3.80. The van der Waals surface area contributed by atoms with Gasteiger partial charge in [0.25, 0.3) is 0 Å². The molecule has 1 aromatic carbocycles. The van der Waals surface area contributed by atoms with Crippen LogP contribution < -0.4 is 5.48 Å². The van der Waals surface area contributed by atoms with Gasteiger partial charge in [-0.2, -0.15) is 0 Å². The van der Waals surface area contributed by atoms with Crippen molar-refractivity contribution in [3.63, 3.8) is 0 Å². The van der Waals surface area contributed by atoms with Crippen LogP contribution >= 0.6 is 0 Å². The third-order valence-electron chi connectivity index (χ3n) is 2.44. The van der Waals surface area contributed by atoms with Crippen molar-refractivity contribution in [3.8, 4) is 11.5 Å². The molecule has 0 fully saturated rings. The topological polar surface area (TPSA) is 47.3 Å². The number of nitrogens with zero attached hydrogens (tertiary/aromatic N) is 1. The third-order valence-corrected chi connectivity index (χ3v) is 2.44. The van der Waals surface area contributed by atoms with Crippen molar-refractivity contribution in [1.82, 2.24) is 10.5 Å². The molecule has 0 bridgehead atoms. The highest BCUT2D eigenvalue weighted by Gasteiger charge is 2.13. The van der Waals surface area contributed by atoms with Crippen LogP contribution in [-0.2, 0) is 4.84 Å². The molecule has 0 unspecified atom stereocenters. The van der Waals surface area contributed by atoms with Gasteiger partial charge >= 0.3 is 0 Å². The van der Waals surface area contributed by atoms with Crippen molar-refractivity contribution in [1.29, 1.82) is 0 Å². The van der Waals surface area contributed by atoms with Gasteiger partial charge in [0.05, 0.1) is 12.3 Å². The van der Waals surface area contributed by atoms with E-state index < -0.39 is 0 Å². The van der Waals surface area contributed by atoms with E-state index in [1.807, 2.05) is 44.2 Å². The molecule has 2 aromatic rings. The Hall–Kier alpha value is -2.07. The fourth-order valence-corrected chi connectivity index (χ4v) is 1.59. The van der Waals surface area contributed by atoms with E-state index in [0.29, 0.717) is 29.6 Å². The Morgan fingerprint density at radius 2 is 2.11 bits per heavy atom. The summed E-state index contributed by atoms with van der Waals surface area (Å²) in [5, 5.41) is 0. The molecular formula is C14H16N2O2. The second kappa shape index (κ2) is 5.51. The van der Waals surface area contributed by atoms with Crippen molar-refractivity contribution < 1.29 is 9.25 Å². The predicted molar refractivity (Wildman–Crippen MR) is 70.5 cm³/mol. The van der Waals surface area contributed by atoms with E-state index in [9.17, 15) is 0 Å². The first-order valence-corrected chi connectivity index (χ1v) is 5.82. The Labute approximate surface area is 106 Å². The number of hydroxylamine groups is 1. The lowest BCUT2D eigenvalue weighted by molar-refractivity contribution is 0.0899. The lowest BCUT2D eigenvalue weighted by Crippen LogP contribution is -2.12. The van der Waals surface area contributed by atoms with Gasteiger partial charge in [0.15, 0.2) is 0 Å². The molecule has 94 valence electrons. The number of hydrogen-bond acceptors (Lipinski definition) is 4. The molecule has 0 saturated heterocycles. The molecule has 0 radical (unpaired) electrons. The van der Waals surface area contributed by atoms with Crippen LogP contribution in [0.5, 0.6) is 0 Å². The first-order chi connectivity index (χ1) is 8.72. The van der Waals surface area contributed by atoms with E-state index in [4.69, 9.17) is 9.25 Å². The maximum atomic E-state index is 5.63. The van der Waals surface area contributed by atoms with Crippen molar-refractivity contribution in [2.45, 2.75) is 13.8 Å². The van der Waals surface area contributed by atoms with Crippen LogP contribution in [0.4, 0.5) is 0 Å². The molecule has 0 amide bonds. The third kappa shape index (κ3) is 2.60. The molecule has 0 aliphatic carbocycles. The SMILES string of the molecule is C=C(NOCC)c1nc(-c2ccccc2)oc1C. The van der Waals surface area contributed by atoms with Gasteiger partial charge in [-0.25, -0.2) is 4.98 Å². The van der Waals surface area contributed by atoms with Crippen LogP contribution in [0.3, 0.4) is 0 Å². The number of benzene rings is 1. The number of aryl methyl sites for hydroxylation is 1. The van der Waals surface area contributed by atoms with Gasteiger partial charge in [0.1, 0.15) is 11.5 Å². The van der Waals surface area contributed by atoms with Gasteiger partial charge in [0, 0.05) is 5.56 Å². The van der Waals surface area contributed by atoms with Crippen molar-refractivity contribution in [3.05, 3.63) is 48.4 Å². The summed E-state index contributed by atoms with van der Waals surface area (Å²) in [4.78, 5) is 9.51. The average molecular weight is 244 g/mol. The van der Waals surface area contributed by atoms with Gasteiger partial charge < -0.3 is 4.42 Å². The smallest absolute Gasteiger partial charge is 0.226 e. The Bertz CT molecular complexity index is 532. The number of oxazole rings is 1. The van der Waals surface area contributed by atoms with Crippen molar-refractivity contribution in [2.75, 3.05) is 6.61 Å². The number of nitrogens with one attached hydrogen (secondary N) is 1. The minimum absolute atomic E-state index is 0.557. The average Bonchev–Trinajstić information content (AvgIpc) is 2.79. The summed E-state index contributed by atoms with van der Waals surface area (Å²) in [6.07, 6.45) is 0. The largest absolute Gasteiger partial charge is 0.441 e. The zero-order valence-electron chi connectivity index (χ0n) is 10.6. The summed E-state index contributed by atoms with van der Waals surface area (Å²) in [7, 11) is 0. The Balaban J connectivity index is 2.25. The van der Waals surface area contributed by atoms with Gasteiger partial charge in [-0.05, 0) is 26.0 Å². The van der Waals surface area contributed by atoms with E-state index in [1.165, 1.54) is 0 Å². The van der Waals surface area contributed by atoms with Crippen LogP contribution in [0, 0.1) is 6.92 Å². The van der Waals surface area contributed by atoms with Crippen LogP contribution in [-0.4, -0.2) is 11.6 Å². The molecule has 18 heavy (non-hydrogen) atoms. The fraction of sp³-hybridized carbons (Fsp3) is 0.214. The Morgan fingerprint density at radius 1 is 1.39 bits per heavy atom. The summed E-state index contributed by atoms with van der Waals surface area (Å²) < 4.78 is 5.63. The zero-order valence-corrected chi connectivity index (χ0v) is 10.6. The molecule has 2 rings (SSSR count). The summed E-state index contributed by atoms with van der Waals surface area (Å²) in [6.45, 7) is 8.18. The summed E-state index contributed by atoms with van der Waals surface area (Å²) >= 11 is 0. The van der Waals surface area contributed by atoms with Crippen LogP contribution in [0.15, 0.2) is 41.3 Å². The van der Waals surface area contributed by atoms with E-state index in [1.54, 1.807) is 0 Å². The van der Waals surface area contributed by atoms with E-state index in [-0.39, 0.29) is 0 Å². The maximum Gasteiger partial charge on any atom is 0.226 e. The lowest BCUT2D eigenvalue weighted by Gasteiger charge is -2.05. The highest BCUT2D eigenvalue weighted by Crippen LogP contribution is 2.23. The van der Waals surface area contributed by atoms with Crippen LogP contribution in [0.1, 0.15) is 18.4 Å². The second-order valence-corrected chi connectivity index (χ2v) is 3.80. The quantitative estimate of drug-likeness (QED) is 0.821. The number of hydrogen-bond donors (Lipinski definition) is 1. The van der Waals surface area contributed by atoms with E-state index in [2.05, 4.69) is 17.0 Å². The molecule has 1 heterocycles. The number of rotatable bonds is 5. The first kappa shape index (κ1) is 12.4. The first-order valence-electron chi connectivity index (χ1n) is 5.82. The molecule has 0 aliphatic rings. The predicted octanol–water partition coefficient (Wildman–Crippen LogP) is 3.16. The maximum absolute atomic E-state index is 5.63. The molecule has 1 N–H and O–H groups in total. The molecule has 4 nitrogen and oxygen atoms in total. The molecule has 0 saturated carbocycles. The molecular weight excluding hydrogens is 228 g/mol. The Kier molecular flexibility index (Phi) is 3.79. The van der Waals surface area contributed by atoms with Crippen LogP contribution in [0.25, 0.3) is 17.2 Å². The normalized spacial score (nSPS) is 10.3. The molecule has 0 aliphatic heterocycles. The summed E-state index contributed by atoms with van der Waals surface area (Å²) in [6, 6.07) is 9.75. The lowest BCUT2D eigenvalue weighted by atomic mass is 10.2. The van der Waals surface area contributed by atoms with Gasteiger partial charge in [0.2, 0.25) is 5.89 Å². The Morgan fingerprint density at radius 3 is 2.78 bits per heavy atom. The standard InChI is InChI=1S/C14H16N2O2/c1-4-17-16-10(2)13-11(3)18-14(15-13)12-8-6-5-7-9-12/h5-9,16H,2,4H2,1,3H3. The molecule has 0 spiro atoms.